The van der Waals surface area contributed by atoms with Gasteiger partial charge in [-0.1, -0.05) is 72.9 Å². The van der Waals surface area contributed by atoms with Crippen molar-refractivity contribution in [2.45, 2.75) is 23.9 Å². The largest absolute Gasteiger partial charge is 0.328 e. The van der Waals surface area contributed by atoms with Gasteiger partial charge in [-0.15, -0.1) is 5.10 Å². The van der Waals surface area contributed by atoms with E-state index in [1.165, 1.54) is 5.56 Å². The van der Waals surface area contributed by atoms with Gasteiger partial charge >= 0.3 is 0 Å². The van der Waals surface area contributed by atoms with Gasteiger partial charge in [0.1, 0.15) is 5.92 Å². The Labute approximate surface area is 202 Å². The standard InChI is InChI=1S/C26H24N6OS/c1-17-10-6-7-13-20(17)29-24(33)22-18(2)28-25-30-26(34-16-19-11-4-3-5-12-19)31-32(25)23(22)21-14-8-9-15-27-21/h3-15,22-23H,2,16H2,1H3,(H,29,33)(H,28,30,31)/p+1. The summed E-state index contributed by atoms with van der Waals surface area (Å²) in [4.78, 5) is 21.5. The van der Waals surface area contributed by atoms with Crippen LogP contribution in [0.5, 0.6) is 0 Å². The molecule has 3 N–H and O–H groups in total. The number of amides is 1. The fourth-order valence-electron chi connectivity index (χ4n) is 4.05. The minimum atomic E-state index is -0.598. The van der Waals surface area contributed by atoms with E-state index >= 15 is 0 Å². The number of pyridine rings is 1. The fraction of sp³-hybridized carbons (Fsp3) is 0.154. The second-order valence-corrected chi connectivity index (χ2v) is 9.07. The van der Waals surface area contributed by atoms with E-state index in [9.17, 15) is 4.79 Å². The third-order valence-corrected chi connectivity index (χ3v) is 6.70. The van der Waals surface area contributed by atoms with Crippen molar-refractivity contribution >= 4 is 29.3 Å². The highest BCUT2D eigenvalue weighted by Gasteiger charge is 2.43. The van der Waals surface area contributed by atoms with Crippen molar-refractivity contribution in [1.82, 2.24) is 14.8 Å². The van der Waals surface area contributed by atoms with Crippen LogP contribution in [0.1, 0.15) is 22.9 Å². The Morgan fingerprint density at radius 3 is 2.65 bits per heavy atom. The van der Waals surface area contributed by atoms with E-state index in [-0.39, 0.29) is 5.91 Å². The van der Waals surface area contributed by atoms with Crippen molar-refractivity contribution < 1.29 is 9.78 Å². The van der Waals surface area contributed by atoms with Crippen LogP contribution in [-0.4, -0.2) is 20.7 Å². The highest BCUT2D eigenvalue weighted by Crippen LogP contribution is 2.38. The molecule has 0 fully saturated rings. The van der Waals surface area contributed by atoms with E-state index in [4.69, 9.17) is 5.10 Å². The van der Waals surface area contributed by atoms with Crippen molar-refractivity contribution in [3.63, 3.8) is 0 Å². The first-order valence-electron chi connectivity index (χ1n) is 11.0. The highest BCUT2D eigenvalue weighted by molar-refractivity contribution is 7.98. The number of fused-ring (bicyclic) bond motifs is 1. The lowest BCUT2D eigenvalue weighted by Crippen LogP contribution is -2.41. The number of H-pyrrole nitrogens is 1. The van der Waals surface area contributed by atoms with Gasteiger partial charge in [0.25, 0.3) is 0 Å². The van der Waals surface area contributed by atoms with Gasteiger partial charge in [-0.25, -0.2) is 9.67 Å². The van der Waals surface area contributed by atoms with Gasteiger partial charge < -0.3 is 10.6 Å². The second kappa shape index (κ2) is 9.52. The molecule has 34 heavy (non-hydrogen) atoms. The molecule has 7 nitrogen and oxygen atoms in total. The summed E-state index contributed by atoms with van der Waals surface area (Å²) in [6, 6.07) is 23.3. The Balaban J connectivity index is 1.48. The van der Waals surface area contributed by atoms with Crippen LogP contribution in [0.4, 0.5) is 11.6 Å². The number of benzene rings is 2. The molecular weight excluding hydrogens is 444 g/mol. The minimum Gasteiger partial charge on any atom is -0.328 e. The summed E-state index contributed by atoms with van der Waals surface area (Å²) in [6.07, 6.45) is 1.85. The summed E-state index contributed by atoms with van der Waals surface area (Å²) in [7, 11) is 0. The predicted octanol–water partition coefficient (Wildman–Crippen LogP) is 4.48. The first-order chi connectivity index (χ1) is 16.6. The molecule has 8 heteroatoms. The van der Waals surface area contributed by atoms with Gasteiger partial charge in [-0.2, -0.15) is 4.98 Å². The summed E-state index contributed by atoms with van der Waals surface area (Å²) in [5, 5.41) is 11.7. The molecule has 0 aliphatic carbocycles. The van der Waals surface area contributed by atoms with E-state index in [2.05, 4.69) is 39.3 Å². The van der Waals surface area contributed by atoms with E-state index in [1.54, 1.807) is 16.4 Å². The SMILES string of the molecule is C=C1Nc2nc(SCc3ccccc3)nn2C(c2cccc[nH+]2)C1C(=O)Nc1ccccc1C. The molecule has 1 amide bonds. The fourth-order valence-corrected chi connectivity index (χ4v) is 4.83. The number of hydrogen-bond donors (Lipinski definition) is 2. The number of nitrogens with one attached hydrogen (secondary N) is 3. The van der Waals surface area contributed by atoms with Crippen molar-refractivity contribution in [2.24, 2.45) is 5.92 Å². The molecule has 170 valence electrons. The van der Waals surface area contributed by atoms with Crippen LogP contribution in [0, 0.1) is 12.8 Å². The predicted molar refractivity (Wildman–Crippen MR) is 133 cm³/mol. The van der Waals surface area contributed by atoms with Crippen molar-refractivity contribution in [3.05, 3.63) is 108 Å². The molecule has 2 unspecified atom stereocenters. The third-order valence-electron chi connectivity index (χ3n) is 5.79. The summed E-state index contributed by atoms with van der Waals surface area (Å²) in [6.45, 7) is 6.15. The molecule has 0 spiro atoms. The lowest BCUT2D eigenvalue weighted by atomic mass is 9.91. The van der Waals surface area contributed by atoms with Crippen molar-refractivity contribution in [1.29, 1.82) is 0 Å². The number of carbonyl (C=O) groups excluding carboxylic acids is 1. The van der Waals surface area contributed by atoms with Crippen LogP contribution in [0.2, 0.25) is 0 Å². The number of hydrogen-bond acceptors (Lipinski definition) is 5. The van der Waals surface area contributed by atoms with Gasteiger partial charge in [0.05, 0.1) is 0 Å². The quantitative estimate of drug-likeness (QED) is 0.407. The Morgan fingerprint density at radius 1 is 1.12 bits per heavy atom. The molecule has 0 radical (unpaired) electrons. The molecule has 2 aromatic carbocycles. The number of rotatable bonds is 6. The lowest BCUT2D eigenvalue weighted by molar-refractivity contribution is -0.394. The molecule has 3 heterocycles. The Morgan fingerprint density at radius 2 is 1.88 bits per heavy atom. The van der Waals surface area contributed by atoms with Gasteiger partial charge in [-0.3, -0.25) is 4.79 Å². The number of carbonyl (C=O) groups is 1. The molecular formula is C26H25N6OS+. The zero-order chi connectivity index (χ0) is 23.5. The van der Waals surface area contributed by atoms with Crippen LogP contribution in [0.3, 0.4) is 0 Å². The number of nitrogens with zero attached hydrogens (tertiary/aromatic N) is 3. The summed E-state index contributed by atoms with van der Waals surface area (Å²) < 4.78 is 1.79. The monoisotopic (exact) mass is 469 g/mol. The lowest BCUT2D eigenvalue weighted by Gasteiger charge is -2.31. The number of anilines is 2. The number of aromatic nitrogens is 4. The van der Waals surface area contributed by atoms with Gasteiger partial charge in [0.2, 0.25) is 22.7 Å². The maximum Gasteiger partial charge on any atom is 0.236 e. The van der Waals surface area contributed by atoms with Crippen LogP contribution in [0.15, 0.2) is 96.4 Å². The van der Waals surface area contributed by atoms with E-state index < -0.39 is 12.0 Å². The van der Waals surface area contributed by atoms with Crippen LogP contribution >= 0.6 is 11.8 Å². The Kier molecular flexibility index (Phi) is 6.14. The van der Waals surface area contributed by atoms with Gasteiger partial charge in [0.15, 0.2) is 12.2 Å². The average molecular weight is 470 g/mol. The number of aryl methyl sites for hydroxylation is 1. The zero-order valence-electron chi connectivity index (χ0n) is 18.7. The van der Waals surface area contributed by atoms with Crippen LogP contribution in [-0.2, 0) is 10.5 Å². The molecule has 2 atom stereocenters. The Bertz CT molecular complexity index is 1320. The highest BCUT2D eigenvalue weighted by atomic mass is 32.2. The first-order valence-corrected chi connectivity index (χ1v) is 12.0. The van der Waals surface area contributed by atoms with Crippen molar-refractivity contribution in [3.8, 4) is 0 Å². The number of para-hydroxylation sites is 1. The van der Waals surface area contributed by atoms with E-state index in [0.29, 0.717) is 16.8 Å². The van der Waals surface area contributed by atoms with Crippen LogP contribution < -0.4 is 15.6 Å². The molecule has 2 aromatic heterocycles. The Hall–Kier alpha value is -3.91. The summed E-state index contributed by atoms with van der Waals surface area (Å²) in [5.74, 6) is 0.570. The van der Waals surface area contributed by atoms with Crippen molar-refractivity contribution in [2.75, 3.05) is 10.6 Å². The molecule has 1 aliphatic rings. The van der Waals surface area contributed by atoms with E-state index in [0.717, 1.165) is 22.7 Å². The molecule has 0 bridgehead atoms. The normalized spacial score (nSPS) is 17.0. The molecule has 1 aliphatic heterocycles. The first kappa shape index (κ1) is 21.9. The summed E-state index contributed by atoms with van der Waals surface area (Å²) in [5.41, 5.74) is 4.39. The zero-order valence-corrected chi connectivity index (χ0v) is 19.5. The van der Waals surface area contributed by atoms with Gasteiger partial charge in [-0.05, 0) is 24.1 Å². The third kappa shape index (κ3) is 4.45. The van der Waals surface area contributed by atoms with Gasteiger partial charge in [0, 0.05) is 29.3 Å². The summed E-state index contributed by atoms with van der Waals surface area (Å²) >= 11 is 1.56. The molecule has 4 aromatic rings. The molecule has 5 rings (SSSR count). The molecule has 0 saturated carbocycles. The molecule has 0 saturated heterocycles. The van der Waals surface area contributed by atoms with E-state index in [1.807, 2.05) is 73.8 Å². The average Bonchev–Trinajstić information content (AvgIpc) is 3.26. The number of aromatic amines is 1. The maximum absolute atomic E-state index is 13.5. The smallest absolute Gasteiger partial charge is 0.236 e. The second-order valence-electron chi connectivity index (χ2n) is 8.13. The minimum absolute atomic E-state index is 0.159. The topological polar surface area (TPSA) is 86.0 Å². The van der Waals surface area contributed by atoms with Crippen LogP contribution in [0.25, 0.3) is 0 Å². The maximum atomic E-state index is 13.5. The number of thioether (sulfide) groups is 1.